The normalized spacial score (nSPS) is 17.3. The summed E-state index contributed by atoms with van der Waals surface area (Å²) < 4.78 is 5.21. The van der Waals surface area contributed by atoms with Crippen molar-refractivity contribution < 1.29 is 23.9 Å². The van der Waals surface area contributed by atoms with E-state index in [1.54, 1.807) is 6.92 Å². The Morgan fingerprint density at radius 3 is 1.97 bits per heavy atom. The molecule has 3 amide bonds. The molecule has 30 heavy (non-hydrogen) atoms. The predicted octanol–water partition coefficient (Wildman–Crippen LogP) is 0.189. The highest BCUT2D eigenvalue weighted by atomic mass is 16.5. The second-order valence-corrected chi connectivity index (χ2v) is 7.49. The molecule has 9 nitrogen and oxygen atoms in total. The molecule has 0 saturated carbocycles. The van der Waals surface area contributed by atoms with E-state index in [4.69, 9.17) is 4.74 Å². The maximum absolute atomic E-state index is 12.9. The molecule has 2 fully saturated rings. The molecule has 0 spiro atoms. The molecule has 0 bridgehead atoms. The maximum Gasteiger partial charge on any atom is 0.312 e. The van der Waals surface area contributed by atoms with Gasteiger partial charge in [0.1, 0.15) is 0 Å². The van der Waals surface area contributed by atoms with Crippen molar-refractivity contribution in [3.63, 3.8) is 0 Å². The minimum absolute atomic E-state index is 0.216. The van der Waals surface area contributed by atoms with Crippen molar-refractivity contribution in [2.45, 2.75) is 6.92 Å². The molecule has 2 aromatic rings. The third kappa shape index (κ3) is 3.68. The first-order valence-electron chi connectivity index (χ1n) is 10.0. The summed E-state index contributed by atoms with van der Waals surface area (Å²) in [5, 5.41) is 0.721. The van der Waals surface area contributed by atoms with Crippen molar-refractivity contribution in [2.24, 2.45) is 0 Å². The summed E-state index contributed by atoms with van der Waals surface area (Å²) >= 11 is 0. The van der Waals surface area contributed by atoms with Crippen LogP contribution in [0.25, 0.3) is 10.9 Å². The zero-order valence-electron chi connectivity index (χ0n) is 16.8. The fourth-order valence-electron chi connectivity index (χ4n) is 3.97. The number of aryl methyl sites for hydroxylation is 1. The molecule has 158 valence electrons. The molecule has 1 aromatic heterocycles. The number of carbonyl (C=O) groups excluding carboxylic acids is 4. The first kappa shape index (κ1) is 20.1. The molecule has 2 aliphatic rings. The van der Waals surface area contributed by atoms with Gasteiger partial charge in [0, 0.05) is 55.9 Å². The van der Waals surface area contributed by atoms with E-state index in [9.17, 15) is 19.2 Å². The van der Waals surface area contributed by atoms with Gasteiger partial charge in [-0.1, -0.05) is 18.2 Å². The van der Waals surface area contributed by atoms with Crippen LogP contribution in [0.2, 0.25) is 0 Å². The number of fused-ring (bicyclic) bond motifs is 1. The van der Waals surface area contributed by atoms with Gasteiger partial charge in [0.15, 0.2) is 0 Å². The summed E-state index contributed by atoms with van der Waals surface area (Å²) in [5.74, 6) is -2.25. The lowest BCUT2D eigenvalue weighted by Gasteiger charge is -2.35. The maximum atomic E-state index is 12.9. The highest BCUT2D eigenvalue weighted by molar-refractivity contribution is 6.45. The van der Waals surface area contributed by atoms with Crippen molar-refractivity contribution in [2.75, 3.05) is 52.5 Å². The largest absolute Gasteiger partial charge is 0.378 e. The number of para-hydroxylation sites is 1. The van der Waals surface area contributed by atoms with Crippen LogP contribution in [0, 0.1) is 6.92 Å². The molecule has 0 atom stereocenters. The van der Waals surface area contributed by atoms with Crippen LogP contribution in [0.15, 0.2) is 24.3 Å². The number of hydrogen-bond donors (Lipinski definition) is 1. The number of Topliss-reactive ketones (excluding diaryl/α,β-unsaturated/α-hetero) is 1. The second-order valence-electron chi connectivity index (χ2n) is 7.49. The number of amides is 3. The Morgan fingerprint density at radius 2 is 1.33 bits per heavy atom. The number of rotatable bonds is 2. The van der Waals surface area contributed by atoms with E-state index in [0.717, 1.165) is 10.9 Å². The molecule has 0 radical (unpaired) electrons. The zero-order valence-corrected chi connectivity index (χ0v) is 16.8. The van der Waals surface area contributed by atoms with E-state index in [0.29, 0.717) is 37.6 Å². The standard InChI is InChI=1S/C21H24N4O5/c1-14-17(15-4-2-3-5-16(15)22-14)18(26)19(27)23-6-8-24(9-7-23)20(28)21(29)25-10-12-30-13-11-25/h2-5,22H,6-13H2,1H3. The highest BCUT2D eigenvalue weighted by Crippen LogP contribution is 2.23. The summed E-state index contributed by atoms with van der Waals surface area (Å²) in [6.07, 6.45) is 0. The summed E-state index contributed by atoms with van der Waals surface area (Å²) in [4.78, 5) is 58.1. The Bertz CT molecular complexity index is 1000. The Hall–Kier alpha value is -3.20. The smallest absolute Gasteiger partial charge is 0.312 e. The van der Waals surface area contributed by atoms with Crippen LogP contribution < -0.4 is 0 Å². The van der Waals surface area contributed by atoms with Gasteiger partial charge in [-0.2, -0.15) is 0 Å². The third-order valence-electron chi connectivity index (χ3n) is 5.65. The number of H-pyrrole nitrogens is 1. The number of piperazine rings is 1. The number of hydrogen-bond acceptors (Lipinski definition) is 5. The van der Waals surface area contributed by atoms with Crippen LogP contribution in [-0.4, -0.2) is 95.7 Å². The van der Waals surface area contributed by atoms with Crippen LogP contribution in [0.3, 0.4) is 0 Å². The third-order valence-corrected chi connectivity index (χ3v) is 5.65. The predicted molar refractivity (Wildman–Crippen MR) is 108 cm³/mol. The number of nitrogens with zero attached hydrogens (tertiary/aromatic N) is 3. The van der Waals surface area contributed by atoms with Gasteiger partial charge in [0.25, 0.3) is 11.7 Å². The number of ether oxygens (including phenoxy) is 1. The van der Waals surface area contributed by atoms with E-state index >= 15 is 0 Å². The number of benzene rings is 1. The first-order valence-corrected chi connectivity index (χ1v) is 10.0. The number of carbonyl (C=O) groups is 4. The quantitative estimate of drug-likeness (QED) is 0.560. The average molecular weight is 412 g/mol. The van der Waals surface area contributed by atoms with Crippen molar-refractivity contribution >= 4 is 34.4 Å². The minimum Gasteiger partial charge on any atom is -0.378 e. The molecule has 4 rings (SSSR count). The van der Waals surface area contributed by atoms with Crippen molar-refractivity contribution in [3.8, 4) is 0 Å². The van der Waals surface area contributed by atoms with Crippen LogP contribution in [0.1, 0.15) is 16.1 Å². The molecular formula is C21H24N4O5. The number of nitrogens with one attached hydrogen (secondary N) is 1. The molecule has 2 aliphatic heterocycles. The van der Waals surface area contributed by atoms with Gasteiger partial charge in [-0.15, -0.1) is 0 Å². The van der Waals surface area contributed by atoms with Gasteiger partial charge in [-0.25, -0.2) is 0 Å². The van der Waals surface area contributed by atoms with Crippen LogP contribution in [-0.2, 0) is 19.1 Å². The number of ketones is 1. The van der Waals surface area contributed by atoms with Crippen molar-refractivity contribution in [3.05, 3.63) is 35.5 Å². The fraction of sp³-hybridized carbons (Fsp3) is 0.429. The summed E-state index contributed by atoms with van der Waals surface area (Å²) in [7, 11) is 0. The van der Waals surface area contributed by atoms with Gasteiger partial charge >= 0.3 is 11.8 Å². The van der Waals surface area contributed by atoms with E-state index in [1.165, 1.54) is 14.7 Å². The monoisotopic (exact) mass is 412 g/mol. The van der Waals surface area contributed by atoms with Gasteiger partial charge < -0.3 is 24.4 Å². The molecule has 0 unspecified atom stereocenters. The highest BCUT2D eigenvalue weighted by Gasteiger charge is 2.34. The Labute approximate surface area is 173 Å². The van der Waals surface area contributed by atoms with E-state index in [2.05, 4.69) is 4.98 Å². The van der Waals surface area contributed by atoms with Gasteiger partial charge in [-0.05, 0) is 13.0 Å². The summed E-state index contributed by atoms with van der Waals surface area (Å²) in [6, 6.07) is 7.36. The minimum atomic E-state index is -0.588. The van der Waals surface area contributed by atoms with Gasteiger partial charge in [0.05, 0.1) is 18.8 Å². The lowest BCUT2D eigenvalue weighted by atomic mass is 10.1. The molecule has 1 N–H and O–H groups in total. The SMILES string of the molecule is Cc1[nH]c2ccccc2c1C(=O)C(=O)N1CCN(C(=O)C(=O)N2CCOCC2)CC1. The average Bonchev–Trinajstić information content (AvgIpc) is 3.13. The Balaban J connectivity index is 1.39. The van der Waals surface area contributed by atoms with Crippen molar-refractivity contribution in [1.29, 1.82) is 0 Å². The number of aromatic nitrogens is 1. The van der Waals surface area contributed by atoms with Gasteiger partial charge in [-0.3, -0.25) is 19.2 Å². The Morgan fingerprint density at radius 1 is 0.800 bits per heavy atom. The molecule has 0 aliphatic carbocycles. The topological polar surface area (TPSA) is 103 Å². The Kier molecular flexibility index (Phi) is 5.54. The lowest BCUT2D eigenvalue weighted by Crippen LogP contribution is -2.56. The molecule has 2 saturated heterocycles. The van der Waals surface area contributed by atoms with Crippen LogP contribution >= 0.6 is 0 Å². The van der Waals surface area contributed by atoms with E-state index < -0.39 is 23.5 Å². The zero-order chi connectivity index (χ0) is 21.3. The fourth-order valence-corrected chi connectivity index (χ4v) is 3.97. The molecular weight excluding hydrogens is 388 g/mol. The van der Waals surface area contributed by atoms with Crippen LogP contribution in [0.4, 0.5) is 0 Å². The van der Waals surface area contributed by atoms with Crippen molar-refractivity contribution in [1.82, 2.24) is 19.7 Å². The molecule has 3 heterocycles. The molecule has 9 heteroatoms. The second kappa shape index (κ2) is 8.27. The summed E-state index contributed by atoms with van der Waals surface area (Å²) in [5.41, 5.74) is 1.85. The van der Waals surface area contributed by atoms with E-state index in [-0.39, 0.29) is 26.2 Å². The van der Waals surface area contributed by atoms with E-state index in [1.807, 2.05) is 24.3 Å². The molecule has 1 aromatic carbocycles. The first-order chi connectivity index (χ1) is 14.5. The van der Waals surface area contributed by atoms with Gasteiger partial charge in [0.2, 0.25) is 0 Å². The summed E-state index contributed by atoms with van der Waals surface area (Å²) in [6.45, 7) is 4.31. The lowest BCUT2D eigenvalue weighted by molar-refractivity contribution is -0.155. The number of morpholine rings is 1. The van der Waals surface area contributed by atoms with Crippen LogP contribution in [0.5, 0.6) is 0 Å². The number of aromatic amines is 1.